The van der Waals surface area contributed by atoms with Gasteiger partial charge in [0.15, 0.2) is 0 Å². The van der Waals surface area contributed by atoms with Gasteiger partial charge in [0.2, 0.25) is 5.91 Å². The molecule has 3 nitrogen and oxygen atoms in total. The van der Waals surface area contributed by atoms with Gasteiger partial charge in [0, 0.05) is 20.1 Å². The molecule has 1 aromatic rings. The van der Waals surface area contributed by atoms with Gasteiger partial charge < -0.3 is 10.2 Å². The number of fused-ring (bicyclic) bond motifs is 1. The van der Waals surface area contributed by atoms with Crippen LogP contribution in [0.3, 0.4) is 0 Å². The van der Waals surface area contributed by atoms with Crippen LogP contribution in [-0.4, -0.2) is 37.5 Å². The molecule has 3 heteroatoms. The van der Waals surface area contributed by atoms with Crippen molar-refractivity contribution in [2.45, 2.75) is 18.9 Å². The lowest BCUT2D eigenvalue weighted by Crippen LogP contribution is -2.39. The van der Waals surface area contributed by atoms with E-state index in [-0.39, 0.29) is 5.91 Å². The molecule has 1 N–H and O–H groups in total. The molecule has 0 aromatic heterocycles. The molecule has 0 saturated heterocycles. The van der Waals surface area contributed by atoms with Crippen molar-refractivity contribution in [1.82, 2.24) is 10.2 Å². The predicted molar refractivity (Wildman–Crippen MR) is 64.3 cm³/mol. The van der Waals surface area contributed by atoms with Crippen molar-refractivity contribution in [2.75, 3.05) is 20.6 Å². The van der Waals surface area contributed by atoms with E-state index in [4.69, 9.17) is 0 Å². The largest absolute Gasteiger partial charge is 0.348 e. The molecule has 1 amide bonds. The molecular weight excluding hydrogens is 200 g/mol. The second-order valence-electron chi connectivity index (χ2n) is 4.54. The molecule has 16 heavy (non-hydrogen) atoms. The second-order valence-corrected chi connectivity index (χ2v) is 4.54. The summed E-state index contributed by atoms with van der Waals surface area (Å²) in [5, 5.41) is 3.32. The van der Waals surface area contributed by atoms with Crippen LogP contribution in [0.4, 0.5) is 0 Å². The molecule has 0 spiro atoms. The molecule has 0 bridgehead atoms. The Balaban J connectivity index is 1.86. The normalized spacial score (nSPS) is 14.9. The molecule has 1 aliphatic rings. The number of carbonyl (C=O) groups excluding carboxylic acids is 1. The molecule has 0 heterocycles. The fraction of sp³-hybridized carbons (Fsp3) is 0.462. The fourth-order valence-electron chi connectivity index (χ4n) is 2.09. The zero-order chi connectivity index (χ0) is 11.5. The molecule has 0 saturated carbocycles. The number of nitrogens with one attached hydrogen (secondary N) is 1. The number of amides is 1. The van der Waals surface area contributed by atoms with Crippen LogP contribution in [0.25, 0.3) is 0 Å². The van der Waals surface area contributed by atoms with E-state index in [0.717, 1.165) is 12.8 Å². The highest BCUT2D eigenvalue weighted by Crippen LogP contribution is 2.21. The van der Waals surface area contributed by atoms with E-state index in [0.29, 0.717) is 12.6 Å². The van der Waals surface area contributed by atoms with Crippen molar-refractivity contribution in [1.29, 1.82) is 0 Å². The van der Waals surface area contributed by atoms with E-state index in [1.54, 1.807) is 19.0 Å². The standard InChI is InChI=1S/C13H18N2O/c1-15(2)13(16)9-14-12-7-10-5-3-4-6-11(10)8-12/h3-6,12,14H,7-9H2,1-2H3. The Morgan fingerprint density at radius 3 is 2.38 bits per heavy atom. The summed E-state index contributed by atoms with van der Waals surface area (Å²) in [6.45, 7) is 0.436. The van der Waals surface area contributed by atoms with E-state index in [9.17, 15) is 4.79 Å². The molecular formula is C13H18N2O. The number of benzene rings is 1. The number of hydrogen-bond acceptors (Lipinski definition) is 2. The first kappa shape index (κ1) is 11.1. The zero-order valence-electron chi connectivity index (χ0n) is 9.86. The average molecular weight is 218 g/mol. The van der Waals surface area contributed by atoms with Gasteiger partial charge in [-0.2, -0.15) is 0 Å². The first-order chi connectivity index (χ1) is 7.66. The Labute approximate surface area is 96.5 Å². The van der Waals surface area contributed by atoms with Crippen molar-refractivity contribution in [2.24, 2.45) is 0 Å². The zero-order valence-corrected chi connectivity index (χ0v) is 9.86. The molecule has 0 aliphatic heterocycles. The summed E-state index contributed by atoms with van der Waals surface area (Å²) in [5.41, 5.74) is 2.83. The highest BCUT2D eigenvalue weighted by molar-refractivity contribution is 5.77. The van der Waals surface area contributed by atoms with Crippen molar-refractivity contribution in [3.05, 3.63) is 35.4 Å². The fourth-order valence-corrected chi connectivity index (χ4v) is 2.09. The highest BCUT2D eigenvalue weighted by Gasteiger charge is 2.20. The number of rotatable bonds is 3. The summed E-state index contributed by atoms with van der Waals surface area (Å²) in [4.78, 5) is 13.1. The van der Waals surface area contributed by atoms with E-state index in [1.165, 1.54) is 11.1 Å². The monoisotopic (exact) mass is 218 g/mol. The summed E-state index contributed by atoms with van der Waals surface area (Å²) in [6.07, 6.45) is 2.08. The molecule has 1 aliphatic carbocycles. The van der Waals surface area contributed by atoms with Crippen LogP contribution in [0, 0.1) is 0 Å². The minimum Gasteiger partial charge on any atom is -0.348 e. The Hall–Kier alpha value is -1.35. The highest BCUT2D eigenvalue weighted by atomic mass is 16.2. The maximum absolute atomic E-state index is 11.4. The number of hydrogen-bond donors (Lipinski definition) is 1. The lowest BCUT2D eigenvalue weighted by Gasteiger charge is -2.14. The summed E-state index contributed by atoms with van der Waals surface area (Å²) in [7, 11) is 3.57. The molecule has 2 rings (SSSR count). The van der Waals surface area contributed by atoms with Crippen molar-refractivity contribution >= 4 is 5.91 Å². The third-order valence-electron chi connectivity index (χ3n) is 3.09. The third kappa shape index (κ3) is 2.42. The Morgan fingerprint density at radius 2 is 1.88 bits per heavy atom. The van der Waals surface area contributed by atoms with Gasteiger partial charge in [-0.15, -0.1) is 0 Å². The van der Waals surface area contributed by atoms with Crippen LogP contribution >= 0.6 is 0 Å². The van der Waals surface area contributed by atoms with Gasteiger partial charge in [-0.05, 0) is 24.0 Å². The lowest BCUT2D eigenvalue weighted by atomic mass is 10.1. The number of carbonyl (C=O) groups is 1. The van der Waals surface area contributed by atoms with Gasteiger partial charge >= 0.3 is 0 Å². The first-order valence-electron chi connectivity index (χ1n) is 5.67. The topological polar surface area (TPSA) is 32.3 Å². The molecule has 1 aromatic carbocycles. The molecule has 0 unspecified atom stereocenters. The van der Waals surface area contributed by atoms with Crippen LogP contribution in [0.2, 0.25) is 0 Å². The summed E-state index contributed by atoms with van der Waals surface area (Å²) < 4.78 is 0. The Bertz CT molecular complexity index is 362. The third-order valence-corrected chi connectivity index (χ3v) is 3.09. The van der Waals surface area contributed by atoms with Crippen molar-refractivity contribution in [3.63, 3.8) is 0 Å². The van der Waals surface area contributed by atoms with Gasteiger partial charge in [0.05, 0.1) is 6.54 Å². The lowest BCUT2D eigenvalue weighted by molar-refractivity contribution is -0.127. The molecule has 0 atom stereocenters. The number of likely N-dealkylation sites (N-methyl/N-ethyl adjacent to an activating group) is 1. The van der Waals surface area contributed by atoms with Crippen LogP contribution in [-0.2, 0) is 17.6 Å². The van der Waals surface area contributed by atoms with Gasteiger partial charge in [-0.3, -0.25) is 4.79 Å². The first-order valence-corrected chi connectivity index (χ1v) is 5.67. The van der Waals surface area contributed by atoms with E-state index in [2.05, 4.69) is 29.6 Å². The number of nitrogens with zero attached hydrogens (tertiary/aromatic N) is 1. The van der Waals surface area contributed by atoms with Gasteiger partial charge in [-0.25, -0.2) is 0 Å². The second kappa shape index (κ2) is 4.66. The van der Waals surface area contributed by atoms with Crippen LogP contribution in [0.5, 0.6) is 0 Å². The average Bonchev–Trinajstić information content (AvgIpc) is 2.68. The summed E-state index contributed by atoms with van der Waals surface area (Å²) in [5.74, 6) is 0.135. The molecule has 0 radical (unpaired) electrons. The molecule has 86 valence electrons. The van der Waals surface area contributed by atoms with Gasteiger partial charge in [-0.1, -0.05) is 24.3 Å². The van der Waals surface area contributed by atoms with E-state index in [1.807, 2.05) is 0 Å². The van der Waals surface area contributed by atoms with E-state index < -0.39 is 0 Å². The van der Waals surface area contributed by atoms with E-state index >= 15 is 0 Å². The van der Waals surface area contributed by atoms with Gasteiger partial charge in [0.1, 0.15) is 0 Å². The predicted octanol–water partition coefficient (Wildman–Crippen LogP) is 0.832. The minimum absolute atomic E-state index is 0.135. The maximum atomic E-state index is 11.4. The van der Waals surface area contributed by atoms with Crippen LogP contribution in [0.15, 0.2) is 24.3 Å². The summed E-state index contributed by atoms with van der Waals surface area (Å²) in [6, 6.07) is 8.91. The SMILES string of the molecule is CN(C)C(=O)CNC1Cc2ccccc2C1. The minimum atomic E-state index is 0.135. The van der Waals surface area contributed by atoms with Gasteiger partial charge in [0.25, 0.3) is 0 Å². The van der Waals surface area contributed by atoms with Crippen LogP contribution in [0.1, 0.15) is 11.1 Å². The molecule has 0 fully saturated rings. The Kier molecular flexibility index (Phi) is 3.25. The summed E-state index contributed by atoms with van der Waals surface area (Å²) >= 11 is 0. The maximum Gasteiger partial charge on any atom is 0.236 e. The quantitative estimate of drug-likeness (QED) is 0.815. The van der Waals surface area contributed by atoms with Crippen LogP contribution < -0.4 is 5.32 Å². The van der Waals surface area contributed by atoms with Crippen molar-refractivity contribution in [3.8, 4) is 0 Å². The Morgan fingerprint density at radius 1 is 1.31 bits per heavy atom. The smallest absolute Gasteiger partial charge is 0.236 e. The van der Waals surface area contributed by atoms with Crippen molar-refractivity contribution < 1.29 is 4.79 Å².